The Morgan fingerprint density at radius 2 is 2.00 bits per heavy atom. The van der Waals surface area contributed by atoms with Crippen LogP contribution in [0.2, 0.25) is 0 Å². The Morgan fingerprint density at radius 1 is 1.19 bits per heavy atom. The van der Waals surface area contributed by atoms with Gasteiger partial charge in [-0.1, -0.05) is 25.7 Å². The van der Waals surface area contributed by atoms with Crippen LogP contribution < -0.4 is 10.6 Å². The van der Waals surface area contributed by atoms with E-state index < -0.39 is 0 Å². The normalized spacial score (nSPS) is 24.5. The minimum absolute atomic E-state index is 0.0215. The number of rotatable bonds is 3. The molecule has 1 aromatic heterocycles. The molecule has 2 aliphatic rings. The number of nitrogens with one attached hydrogen (secondary N) is 2. The van der Waals surface area contributed by atoms with Crippen molar-refractivity contribution < 1.29 is 4.79 Å². The van der Waals surface area contributed by atoms with Crippen molar-refractivity contribution in [3.8, 4) is 0 Å². The molecule has 3 rings (SSSR count). The Labute approximate surface area is 130 Å². The summed E-state index contributed by atoms with van der Waals surface area (Å²) in [5.41, 5.74) is 0.616. The van der Waals surface area contributed by atoms with Crippen molar-refractivity contribution in [3.63, 3.8) is 0 Å². The third-order valence-electron chi connectivity index (χ3n) is 4.59. The fraction of sp³-hybridized carbons (Fsp3) is 0.750. The summed E-state index contributed by atoms with van der Waals surface area (Å²) < 4.78 is 0. The molecule has 1 saturated heterocycles. The summed E-state index contributed by atoms with van der Waals surface area (Å²) >= 11 is 1.64. The van der Waals surface area contributed by atoms with Gasteiger partial charge in [0, 0.05) is 23.9 Å². The van der Waals surface area contributed by atoms with Crippen molar-refractivity contribution in [3.05, 3.63) is 16.1 Å². The van der Waals surface area contributed by atoms with E-state index in [2.05, 4.69) is 15.6 Å². The van der Waals surface area contributed by atoms with Crippen LogP contribution in [0.5, 0.6) is 0 Å². The number of hydrogen-bond acceptors (Lipinski definition) is 4. The quantitative estimate of drug-likeness (QED) is 0.844. The van der Waals surface area contributed by atoms with Gasteiger partial charge < -0.3 is 10.6 Å². The lowest BCUT2D eigenvalue weighted by molar-refractivity contribution is 0.0928. The minimum atomic E-state index is 0.0215. The van der Waals surface area contributed by atoms with Gasteiger partial charge >= 0.3 is 0 Å². The molecular formula is C16H25N3OS. The van der Waals surface area contributed by atoms with E-state index in [0.29, 0.717) is 17.7 Å². The van der Waals surface area contributed by atoms with Crippen molar-refractivity contribution in [1.82, 2.24) is 15.6 Å². The molecule has 2 N–H and O–H groups in total. The molecule has 5 heteroatoms. The van der Waals surface area contributed by atoms with Crippen molar-refractivity contribution in [2.75, 3.05) is 13.1 Å². The molecule has 1 unspecified atom stereocenters. The van der Waals surface area contributed by atoms with Gasteiger partial charge in [0.2, 0.25) is 0 Å². The van der Waals surface area contributed by atoms with Crippen LogP contribution in [0.1, 0.15) is 72.8 Å². The molecular weight excluding hydrogens is 282 g/mol. The number of carbonyl (C=O) groups is 1. The van der Waals surface area contributed by atoms with Crippen LogP contribution in [0.15, 0.2) is 5.38 Å². The zero-order valence-corrected chi connectivity index (χ0v) is 13.4. The average Bonchev–Trinajstić information content (AvgIpc) is 2.88. The monoisotopic (exact) mass is 307 g/mol. The second kappa shape index (κ2) is 7.36. The van der Waals surface area contributed by atoms with Crippen LogP contribution in [0.25, 0.3) is 0 Å². The number of nitrogens with zero attached hydrogens (tertiary/aromatic N) is 1. The summed E-state index contributed by atoms with van der Waals surface area (Å²) in [6, 6.07) is 0.349. The molecule has 1 amide bonds. The Morgan fingerprint density at radius 3 is 2.71 bits per heavy atom. The Kier molecular flexibility index (Phi) is 5.25. The molecule has 21 heavy (non-hydrogen) atoms. The highest BCUT2D eigenvalue weighted by molar-refractivity contribution is 7.09. The average molecular weight is 307 g/mol. The first-order valence-corrected chi connectivity index (χ1v) is 9.18. The summed E-state index contributed by atoms with van der Waals surface area (Å²) in [5, 5.41) is 9.64. The highest BCUT2D eigenvalue weighted by Gasteiger charge is 2.21. The van der Waals surface area contributed by atoms with Gasteiger partial charge in [-0.15, -0.1) is 11.3 Å². The highest BCUT2D eigenvalue weighted by Crippen LogP contribution is 2.26. The van der Waals surface area contributed by atoms with E-state index in [0.717, 1.165) is 30.9 Å². The molecule has 1 aliphatic carbocycles. The van der Waals surface area contributed by atoms with E-state index in [9.17, 15) is 4.79 Å². The first-order chi connectivity index (χ1) is 10.3. The molecule has 0 spiro atoms. The smallest absolute Gasteiger partial charge is 0.270 e. The Bertz CT molecular complexity index is 460. The third kappa shape index (κ3) is 4.04. The van der Waals surface area contributed by atoms with Gasteiger partial charge in [0.15, 0.2) is 0 Å². The SMILES string of the molecule is O=C(NC1CCCCCC1)c1csc(C2CCCNC2)n1. The van der Waals surface area contributed by atoms with Crippen LogP contribution in [0.3, 0.4) is 0 Å². The van der Waals surface area contributed by atoms with Gasteiger partial charge in [-0.3, -0.25) is 4.79 Å². The topological polar surface area (TPSA) is 54.0 Å². The molecule has 0 bridgehead atoms. The van der Waals surface area contributed by atoms with Crippen LogP contribution in [-0.2, 0) is 0 Å². The maximum Gasteiger partial charge on any atom is 0.270 e. The van der Waals surface area contributed by atoms with E-state index >= 15 is 0 Å². The van der Waals surface area contributed by atoms with Gasteiger partial charge in [0.25, 0.3) is 5.91 Å². The van der Waals surface area contributed by atoms with Gasteiger partial charge in [0.05, 0.1) is 5.01 Å². The Balaban J connectivity index is 1.58. The molecule has 0 aromatic carbocycles. The largest absolute Gasteiger partial charge is 0.348 e. The van der Waals surface area contributed by atoms with E-state index in [1.807, 2.05) is 5.38 Å². The summed E-state index contributed by atoms with van der Waals surface area (Å²) in [5.74, 6) is 0.511. The predicted octanol–water partition coefficient (Wildman–Crippen LogP) is 3.06. The predicted molar refractivity (Wildman–Crippen MR) is 85.9 cm³/mol. The summed E-state index contributed by atoms with van der Waals surface area (Å²) in [4.78, 5) is 16.9. The van der Waals surface area contributed by atoms with Gasteiger partial charge in [-0.2, -0.15) is 0 Å². The number of amides is 1. The molecule has 2 fully saturated rings. The summed E-state index contributed by atoms with van der Waals surface area (Å²) in [7, 11) is 0. The van der Waals surface area contributed by atoms with E-state index in [-0.39, 0.29) is 5.91 Å². The second-order valence-corrected chi connectivity index (χ2v) is 7.17. The number of piperidine rings is 1. The molecule has 0 radical (unpaired) electrons. The number of carbonyl (C=O) groups excluding carboxylic acids is 1. The van der Waals surface area contributed by atoms with Gasteiger partial charge in [-0.25, -0.2) is 4.98 Å². The van der Waals surface area contributed by atoms with Crippen LogP contribution in [-0.4, -0.2) is 30.0 Å². The fourth-order valence-electron chi connectivity index (χ4n) is 3.33. The molecule has 1 aromatic rings. The number of hydrogen-bond donors (Lipinski definition) is 2. The lowest BCUT2D eigenvalue weighted by Gasteiger charge is -2.20. The zero-order valence-electron chi connectivity index (χ0n) is 12.6. The van der Waals surface area contributed by atoms with Crippen LogP contribution in [0.4, 0.5) is 0 Å². The van der Waals surface area contributed by atoms with Crippen molar-refractivity contribution >= 4 is 17.2 Å². The van der Waals surface area contributed by atoms with E-state index in [1.54, 1.807) is 11.3 Å². The Hall–Kier alpha value is -0.940. The maximum absolute atomic E-state index is 12.3. The highest BCUT2D eigenvalue weighted by atomic mass is 32.1. The standard InChI is InChI=1S/C16H25N3OS/c20-15(18-13-7-3-1-2-4-8-13)14-11-21-16(19-14)12-6-5-9-17-10-12/h11-13,17H,1-10H2,(H,18,20). The molecule has 2 heterocycles. The zero-order chi connectivity index (χ0) is 14.5. The minimum Gasteiger partial charge on any atom is -0.348 e. The molecule has 4 nitrogen and oxygen atoms in total. The molecule has 116 valence electrons. The van der Waals surface area contributed by atoms with Gasteiger partial charge in [0.1, 0.15) is 5.69 Å². The first-order valence-electron chi connectivity index (χ1n) is 8.30. The maximum atomic E-state index is 12.3. The van der Waals surface area contributed by atoms with Crippen molar-refractivity contribution in [2.24, 2.45) is 0 Å². The van der Waals surface area contributed by atoms with Gasteiger partial charge in [-0.05, 0) is 32.2 Å². The lowest BCUT2D eigenvalue weighted by atomic mass is 10.0. The van der Waals surface area contributed by atoms with Crippen LogP contribution >= 0.6 is 11.3 Å². The first kappa shape index (κ1) is 15.0. The third-order valence-corrected chi connectivity index (χ3v) is 5.60. The molecule has 1 saturated carbocycles. The fourth-order valence-corrected chi connectivity index (χ4v) is 4.26. The summed E-state index contributed by atoms with van der Waals surface area (Å²) in [6.07, 6.45) is 9.72. The second-order valence-electron chi connectivity index (χ2n) is 6.28. The molecule has 1 atom stereocenters. The number of thiazole rings is 1. The summed E-state index contributed by atoms with van der Waals surface area (Å²) in [6.45, 7) is 2.11. The van der Waals surface area contributed by atoms with Crippen molar-refractivity contribution in [1.29, 1.82) is 0 Å². The van der Waals surface area contributed by atoms with E-state index in [1.165, 1.54) is 38.5 Å². The lowest BCUT2D eigenvalue weighted by Crippen LogP contribution is -2.34. The van der Waals surface area contributed by atoms with Crippen molar-refractivity contribution in [2.45, 2.75) is 63.3 Å². The molecule has 1 aliphatic heterocycles. The van der Waals surface area contributed by atoms with Crippen LogP contribution in [0, 0.1) is 0 Å². The van der Waals surface area contributed by atoms with E-state index in [4.69, 9.17) is 0 Å². The number of aromatic nitrogens is 1.